The lowest BCUT2D eigenvalue weighted by Crippen LogP contribution is -2.52. The maximum Gasteiger partial charge on any atom is 0.322 e. The van der Waals surface area contributed by atoms with Gasteiger partial charge in [-0.3, -0.25) is 14.9 Å². The predicted molar refractivity (Wildman–Crippen MR) is 109 cm³/mol. The molecule has 3 aromatic rings. The minimum Gasteiger partial charge on any atom is -0.331 e. The standard InChI is InChI=1S/C22H16FN3O3S/c23-15-7-6-14-11-26(19(27)16(14)10-15)12-22(20(28)24-21(29)25-22)18-9-8-17(30-18)13-4-2-1-3-5-13/h1-10H,11-12H2,(H2,24,25,28,29)/t22-/m0/s1. The fraction of sp³-hybridized carbons (Fsp3) is 0.136. The highest BCUT2D eigenvalue weighted by Gasteiger charge is 2.51. The second kappa shape index (κ2) is 6.77. The first-order valence-corrected chi connectivity index (χ1v) is 10.1. The number of benzene rings is 2. The van der Waals surface area contributed by atoms with E-state index in [2.05, 4.69) is 10.6 Å². The molecule has 2 N–H and O–H groups in total. The van der Waals surface area contributed by atoms with E-state index in [4.69, 9.17) is 0 Å². The summed E-state index contributed by atoms with van der Waals surface area (Å²) >= 11 is 1.39. The second-order valence-corrected chi connectivity index (χ2v) is 8.39. The number of urea groups is 1. The first-order chi connectivity index (χ1) is 14.5. The molecule has 0 aliphatic carbocycles. The van der Waals surface area contributed by atoms with Crippen LogP contribution < -0.4 is 10.6 Å². The van der Waals surface area contributed by atoms with Gasteiger partial charge < -0.3 is 10.2 Å². The van der Waals surface area contributed by atoms with E-state index >= 15 is 0 Å². The van der Waals surface area contributed by atoms with Crippen LogP contribution in [-0.4, -0.2) is 29.3 Å². The van der Waals surface area contributed by atoms with Gasteiger partial charge in [0.15, 0.2) is 5.54 Å². The van der Waals surface area contributed by atoms with E-state index in [0.717, 1.165) is 10.4 Å². The molecule has 8 heteroatoms. The summed E-state index contributed by atoms with van der Waals surface area (Å²) in [6.07, 6.45) is 0. The number of nitrogens with zero attached hydrogens (tertiary/aromatic N) is 1. The Bertz CT molecular complexity index is 1190. The van der Waals surface area contributed by atoms with Crippen LogP contribution in [0.25, 0.3) is 10.4 Å². The number of halogens is 1. The first kappa shape index (κ1) is 18.5. The van der Waals surface area contributed by atoms with Crippen LogP contribution in [0.2, 0.25) is 0 Å². The van der Waals surface area contributed by atoms with Crippen LogP contribution in [0.15, 0.2) is 60.7 Å². The number of carbonyl (C=O) groups excluding carboxylic acids is 3. The molecule has 4 amide bonds. The Morgan fingerprint density at radius 3 is 2.57 bits per heavy atom. The summed E-state index contributed by atoms with van der Waals surface area (Å²) < 4.78 is 13.6. The summed E-state index contributed by atoms with van der Waals surface area (Å²) in [6.45, 7) is 0.199. The molecule has 3 heterocycles. The van der Waals surface area contributed by atoms with E-state index in [9.17, 15) is 18.8 Å². The molecule has 0 unspecified atom stereocenters. The highest BCUT2D eigenvalue weighted by molar-refractivity contribution is 7.15. The third-order valence-corrected chi connectivity index (χ3v) is 6.70. The van der Waals surface area contributed by atoms with Gasteiger partial charge in [0.1, 0.15) is 5.82 Å². The van der Waals surface area contributed by atoms with Crippen molar-refractivity contribution in [3.8, 4) is 10.4 Å². The van der Waals surface area contributed by atoms with Gasteiger partial charge in [0, 0.05) is 21.9 Å². The lowest BCUT2D eigenvalue weighted by molar-refractivity contribution is -0.124. The SMILES string of the molecule is O=C1NC(=O)[C@](CN2Cc3ccc(F)cc3C2=O)(c2ccc(-c3ccccc3)s2)N1. The molecule has 0 bridgehead atoms. The van der Waals surface area contributed by atoms with Crippen molar-refractivity contribution in [2.45, 2.75) is 12.1 Å². The number of fused-ring (bicyclic) bond motifs is 1. The lowest BCUT2D eigenvalue weighted by atomic mass is 9.96. The Balaban J connectivity index is 1.51. The van der Waals surface area contributed by atoms with E-state index in [0.29, 0.717) is 10.4 Å². The third-order valence-electron chi connectivity index (χ3n) is 5.41. The molecule has 1 saturated heterocycles. The van der Waals surface area contributed by atoms with Crippen molar-refractivity contribution in [3.63, 3.8) is 0 Å². The minimum absolute atomic E-state index is 0.0472. The van der Waals surface area contributed by atoms with Gasteiger partial charge in [-0.1, -0.05) is 36.4 Å². The lowest BCUT2D eigenvalue weighted by Gasteiger charge is -2.30. The van der Waals surface area contributed by atoms with Crippen LogP contribution >= 0.6 is 11.3 Å². The van der Waals surface area contributed by atoms with E-state index in [1.54, 1.807) is 12.1 Å². The zero-order valence-corrected chi connectivity index (χ0v) is 16.5. The van der Waals surface area contributed by atoms with Gasteiger partial charge in [-0.25, -0.2) is 9.18 Å². The largest absolute Gasteiger partial charge is 0.331 e. The third kappa shape index (κ3) is 2.88. The number of hydrogen-bond acceptors (Lipinski definition) is 4. The van der Waals surface area contributed by atoms with Crippen molar-refractivity contribution < 1.29 is 18.8 Å². The van der Waals surface area contributed by atoms with E-state index in [1.807, 2.05) is 36.4 Å². The summed E-state index contributed by atoms with van der Waals surface area (Å²) in [5, 5.41) is 5.02. The number of rotatable bonds is 4. The molecule has 1 fully saturated rings. The van der Waals surface area contributed by atoms with Gasteiger partial charge in [-0.2, -0.15) is 0 Å². The van der Waals surface area contributed by atoms with Gasteiger partial charge >= 0.3 is 6.03 Å². The molecule has 150 valence electrons. The number of amides is 4. The maximum absolute atomic E-state index is 13.6. The summed E-state index contributed by atoms with van der Waals surface area (Å²) in [7, 11) is 0. The summed E-state index contributed by atoms with van der Waals surface area (Å²) in [5.74, 6) is -1.36. The predicted octanol–water partition coefficient (Wildman–Crippen LogP) is 3.24. The molecule has 5 rings (SSSR count). The number of nitrogens with one attached hydrogen (secondary N) is 2. The number of imide groups is 1. The Hall–Kier alpha value is -3.52. The molecule has 2 aliphatic heterocycles. The fourth-order valence-electron chi connectivity index (χ4n) is 3.93. The van der Waals surface area contributed by atoms with Crippen molar-refractivity contribution in [2.75, 3.05) is 6.54 Å². The number of hydrogen-bond donors (Lipinski definition) is 2. The Morgan fingerprint density at radius 2 is 1.83 bits per heavy atom. The smallest absolute Gasteiger partial charge is 0.322 e. The average Bonchev–Trinajstić information content (AvgIpc) is 3.41. The van der Waals surface area contributed by atoms with Crippen LogP contribution in [0.4, 0.5) is 9.18 Å². The highest BCUT2D eigenvalue weighted by atomic mass is 32.1. The van der Waals surface area contributed by atoms with Crippen molar-refractivity contribution >= 4 is 29.2 Å². The topological polar surface area (TPSA) is 78.5 Å². The molecular weight excluding hydrogens is 405 g/mol. The molecule has 30 heavy (non-hydrogen) atoms. The highest BCUT2D eigenvalue weighted by Crippen LogP contribution is 2.38. The van der Waals surface area contributed by atoms with Crippen LogP contribution in [0.1, 0.15) is 20.8 Å². The van der Waals surface area contributed by atoms with Crippen molar-refractivity contribution in [1.82, 2.24) is 15.5 Å². The monoisotopic (exact) mass is 421 g/mol. The van der Waals surface area contributed by atoms with Crippen molar-refractivity contribution in [2.24, 2.45) is 0 Å². The number of carbonyl (C=O) groups is 3. The number of thiophene rings is 1. The zero-order chi connectivity index (χ0) is 20.9. The normalized spacial score (nSPS) is 20.3. The zero-order valence-electron chi connectivity index (χ0n) is 15.6. The molecule has 2 aromatic carbocycles. The molecular formula is C22H16FN3O3S. The van der Waals surface area contributed by atoms with Gasteiger partial charge in [0.05, 0.1) is 6.54 Å². The molecule has 2 aliphatic rings. The second-order valence-electron chi connectivity index (χ2n) is 7.31. The van der Waals surface area contributed by atoms with Gasteiger partial charge in [-0.05, 0) is 35.4 Å². The van der Waals surface area contributed by atoms with E-state index in [-0.39, 0.29) is 24.6 Å². The maximum atomic E-state index is 13.6. The van der Waals surface area contributed by atoms with Gasteiger partial charge in [0.25, 0.3) is 11.8 Å². The summed E-state index contributed by atoms with van der Waals surface area (Å²) in [4.78, 5) is 40.8. The average molecular weight is 421 g/mol. The van der Waals surface area contributed by atoms with Crippen molar-refractivity contribution in [1.29, 1.82) is 0 Å². The molecule has 6 nitrogen and oxygen atoms in total. The fourth-order valence-corrected chi connectivity index (χ4v) is 5.07. The van der Waals surface area contributed by atoms with Gasteiger partial charge in [-0.15, -0.1) is 11.3 Å². The van der Waals surface area contributed by atoms with Crippen LogP contribution in [0, 0.1) is 5.82 Å². The molecule has 1 atom stereocenters. The quantitative estimate of drug-likeness (QED) is 0.635. The van der Waals surface area contributed by atoms with Crippen LogP contribution in [-0.2, 0) is 16.9 Å². The van der Waals surface area contributed by atoms with Crippen LogP contribution in [0.5, 0.6) is 0 Å². The van der Waals surface area contributed by atoms with Gasteiger partial charge in [0.2, 0.25) is 0 Å². The summed E-state index contributed by atoms with van der Waals surface area (Å²) in [5.41, 5.74) is 0.572. The minimum atomic E-state index is -1.40. The first-order valence-electron chi connectivity index (χ1n) is 9.33. The molecule has 0 saturated carbocycles. The van der Waals surface area contributed by atoms with E-state index < -0.39 is 23.3 Å². The molecule has 0 radical (unpaired) electrons. The van der Waals surface area contributed by atoms with Crippen molar-refractivity contribution in [3.05, 3.63) is 82.5 Å². The van der Waals surface area contributed by atoms with Crippen LogP contribution in [0.3, 0.4) is 0 Å². The Kier molecular flexibility index (Phi) is 4.18. The molecule has 0 spiro atoms. The Labute approximate surface area is 175 Å². The van der Waals surface area contributed by atoms with E-state index in [1.165, 1.54) is 28.4 Å². The molecule has 1 aromatic heterocycles. The Morgan fingerprint density at radius 1 is 1.03 bits per heavy atom. The summed E-state index contributed by atoms with van der Waals surface area (Å²) in [6, 6.07) is 16.9.